The van der Waals surface area contributed by atoms with Gasteiger partial charge in [0.2, 0.25) is 0 Å². The number of ether oxygens (including phenoxy) is 1. The molecule has 0 amide bonds. The number of aliphatic hydroxyl groups excluding tert-OH is 1. The number of aliphatic hydroxyl groups is 1. The van der Waals surface area contributed by atoms with Crippen molar-refractivity contribution in [2.45, 2.75) is 129 Å². The van der Waals surface area contributed by atoms with Gasteiger partial charge in [-0.3, -0.25) is 4.57 Å². The molecular formula is C26H46N6O3. The van der Waals surface area contributed by atoms with Crippen LogP contribution in [0.1, 0.15) is 115 Å². The molecule has 1 aliphatic heterocycles. The van der Waals surface area contributed by atoms with E-state index < -0.39 is 24.1 Å². The summed E-state index contributed by atoms with van der Waals surface area (Å²) in [4.78, 5) is 19.6. The fourth-order valence-electron chi connectivity index (χ4n) is 4.72. The van der Waals surface area contributed by atoms with Crippen LogP contribution in [0, 0.1) is 6.92 Å². The van der Waals surface area contributed by atoms with E-state index in [9.17, 15) is 9.90 Å². The second kappa shape index (κ2) is 17.4. The van der Waals surface area contributed by atoms with Crippen LogP contribution in [-0.2, 0) is 4.74 Å². The largest absolute Gasteiger partial charge is 0.394 e. The molecule has 1 fully saturated rings. The van der Waals surface area contributed by atoms with Gasteiger partial charge in [-0.15, -0.1) is 0 Å². The van der Waals surface area contributed by atoms with Crippen molar-refractivity contribution in [3.8, 4) is 0 Å². The number of anilines is 1. The molecule has 0 saturated carbocycles. The highest BCUT2D eigenvalue weighted by Crippen LogP contribution is 2.30. The molecule has 2 rings (SSSR count). The SMILES string of the molecule is CCCCCCCCCCCCCCCCNc1nc(=O)n([C@@H]2C[C@@H](N=[N+]=[N-])[C@H](CO)O2)cc1C. The number of azide groups is 1. The summed E-state index contributed by atoms with van der Waals surface area (Å²) in [7, 11) is 0. The molecule has 9 heteroatoms. The minimum atomic E-state index is -0.610. The lowest BCUT2D eigenvalue weighted by molar-refractivity contribution is -0.0270. The zero-order valence-corrected chi connectivity index (χ0v) is 21.8. The number of nitrogens with one attached hydrogen (secondary N) is 1. The van der Waals surface area contributed by atoms with Gasteiger partial charge < -0.3 is 15.2 Å². The highest BCUT2D eigenvalue weighted by atomic mass is 16.5. The smallest absolute Gasteiger partial charge is 0.351 e. The van der Waals surface area contributed by atoms with Crippen molar-refractivity contribution in [2.24, 2.45) is 5.11 Å². The maximum Gasteiger partial charge on any atom is 0.351 e. The predicted octanol–water partition coefficient (Wildman–Crippen LogP) is 6.40. The van der Waals surface area contributed by atoms with Crippen LogP contribution in [0.25, 0.3) is 10.4 Å². The summed E-state index contributed by atoms with van der Waals surface area (Å²) in [6.07, 6.45) is 19.5. The third-order valence-corrected chi connectivity index (χ3v) is 6.85. The van der Waals surface area contributed by atoms with E-state index in [4.69, 9.17) is 10.3 Å². The van der Waals surface area contributed by atoms with E-state index in [0.717, 1.165) is 18.5 Å². The van der Waals surface area contributed by atoms with Gasteiger partial charge >= 0.3 is 5.69 Å². The van der Waals surface area contributed by atoms with Crippen LogP contribution < -0.4 is 11.0 Å². The van der Waals surface area contributed by atoms with Gasteiger partial charge in [-0.2, -0.15) is 4.98 Å². The van der Waals surface area contributed by atoms with Crippen LogP contribution in [0.4, 0.5) is 5.82 Å². The lowest BCUT2D eigenvalue weighted by atomic mass is 10.0. The topological polar surface area (TPSA) is 125 Å². The highest BCUT2D eigenvalue weighted by molar-refractivity contribution is 5.41. The van der Waals surface area contributed by atoms with Gasteiger partial charge in [0.05, 0.1) is 18.8 Å². The first-order valence-corrected chi connectivity index (χ1v) is 13.7. The lowest BCUT2D eigenvalue weighted by Crippen LogP contribution is -2.29. The quantitative estimate of drug-likeness (QED) is 0.100. The molecule has 2 N–H and O–H groups in total. The summed E-state index contributed by atoms with van der Waals surface area (Å²) in [5.74, 6) is 0.601. The minimum Gasteiger partial charge on any atom is -0.394 e. The molecule has 198 valence electrons. The Labute approximate surface area is 210 Å². The highest BCUT2D eigenvalue weighted by Gasteiger charge is 2.35. The maximum absolute atomic E-state index is 12.6. The van der Waals surface area contributed by atoms with E-state index in [0.29, 0.717) is 12.2 Å². The normalized spacial score (nSPS) is 19.6. The summed E-state index contributed by atoms with van der Waals surface area (Å²) in [6, 6.07) is -0.500. The number of aryl methyl sites for hydroxylation is 1. The molecule has 1 saturated heterocycles. The Morgan fingerprint density at radius 3 is 2.20 bits per heavy atom. The Hall–Kier alpha value is -2.09. The lowest BCUT2D eigenvalue weighted by Gasteiger charge is -2.16. The van der Waals surface area contributed by atoms with Gasteiger partial charge in [-0.25, -0.2) is 4.79 Å². The van der Waals surface area contributed by atoms with E-state index in [1.54, 1.807) is 6.20 Å². The number of hydrogen-bond acceptors (Lipinski definition) is 6. The number of rotatable bonds is 19. The third kappa shape index (κ3) is 10.6. The number of unbranched alkanes of at least 4 members (excludes halogenated alkanes) is 13. The van der Waals surface area contributed by atoms with Crippen molar-refractivity contribution >= 4 is 5.82 Å². The Kier molecular flexibility index (Phi) is 14.5. The molecule has 35 heavy (non-hydrogen) atoms. The molecule has 0 radical (unpaired) electrons. The van der Waals surface area contributed by atoms with Crippen LogP contribution in [0.15, 0.2) is 16.1 Å². The second-order valence-electron chi connectivity index (χ2n) is 9.81. The number of nitrogens with zero attached hydrogens (tertiary/aromatic N) is 5. The minimum absolute atomic E-state index is 0.264. The van der Waals surface area contributed by atoms with E-state index in [2.05, 4.69) is 27.3 Å². The van der Waals surface area contributed by atoms with Gasteiger partial charge in [0.15, 0.2) is 0 Å². The molecule has 0 bridgehead atoms. The van der Waals surface area contributed by atoms with E-state index in [1.165, 1.54) is 88.0 Å². The maximum atomic E-state index is 12.6. The zero-order valence-electron chi connectivity index (χ0n) is 21.8. The Morgan fingerprint density at radius 2 is 1.66 bits per heavy atom. The summed E-state index contributed by atoms with van der Waals surface area (Å²) >= 11 is 0. The number of aromatic nitrogens is 2. The van der Waals surface area contributed by atoms with E-state index in [-0.39, 0.29) is 6.61 Å². The Balaban J connectivity index is 1.59. The summed E-state index contributed by atoms with van der Waals surface area (Å²) < 4.78 is 7.13. The van der Waals surface area contributed by atoms with Crippen LogP contribution in [0.2, 0.25) is 0 Å². The van der Waals surface area contributed by atoms with Gasteiger partial charge in [0.25, 0.3) is 0 Å². The van der Waals surface area contributed by atoms with Crippen molar-refractivity contribution in [1.82, 2.24) is 9.55 Å². The first-order valence-electron chi connectivity index (χ1n) is 13.7. The monoisotopic (exact) mass is 490 g/mol. The summed E-state index contributed by atoms with van der Waals surface area (Å²) in [5.41, 5.74) is 9.13. The Bertz CT molecular complexity index is 824. The van der Waals surface area contributed by atoms with Crippen molar-refractivity contribution in [3.63, 3.8) is 0 Å². The van der Waals surface area contributed by atoms with Crippen molar-refractivity contribution in [2.75, 3.05) is 18.5 Å². The van der Waals surface area contributed by atoms with Crippen molar-refractivity contribution < 1.29 is 9.84 Å². The van der Waals surface area contributed by atoms with Crippen LogP contribution >= 0.6 is 0 Å². The first kappa shape index (κ1) is 29.1. The summed E-state index contributed by atoms with van der Waals surface area (Å²) in [5, 5.41) is 16.4. The number of hydrogen-bond donors (Lipinski definition) is 2. The standard InChI is InChI=1S/C26H46N6O3/c1-3-4-5-6-7-8-9-10-11-12-13-14-15-16-17-28-25-21(2)19-32(26(34)29-25)24-18-22(30-31-27)23(20-33)35-24/h19,22-24,33H,3-18,20H2,1-2H3,(H,28,29,34)/t22-,23+,24+/m1/s1. The predicted molar refractivity (Wildman–Crippen MR) is 141 cm³/mol. The molecule has 1 aromatic heterocycles. The molecule has 0 aromatic carbocycles. The van der Waals surface area contributed by atoms with Crippen LogP contribution in [0.3, 0.4) is 0 Å². The average Bonchev–Trinajstić information content (AvgIpc) is 3.26. The molecule has 2 heterocycles. The third-order valence-electron chi connectivity index (χ3n) is 6.85. The Morgan fingerprint density at radius 1 is 1.09 bits per heavy atom. The molecule has 0 aliphatic carbocycles. The van der Waals surface area contributed by atoms with Crippen molar-refractivity contribution in [3.05, 3.63) is 32.7 Å². The first-order chi connectivity index (χ1) is 17.1. The molecule has 3 atom stereocenters. The van der Waals surface area contributed by atoms with Crippen LogP contribution in [0.5, 0.6) is 0 Å². The molecule has 0 spiro atoms. The van der Waals surface area contributed by atoms with E-state index in [1.807, 2.05) is 6.92 Å². The molecular weight excluding hydrogens is 444 g/mol. The van der Waals surface area contributed by atoms with Gasteiger partial charge in [-0.1, -0.05) is 95.5 Å². The fourth-order valence-corrected chi connectivity index (χ4v) is 4.72. The molecule has 9 nitrogen and oxygen atoms in total. The molecule has 1 aliphatic rings. The van der Waals surface area contributed by atoms with E-state index >= 15 is 0 Å². The van der Waals surface area contributed by atoms with Gasteiger partial charge in [0, 0.05) is 29.6 Å². The average molecular weight is 491 g/mol. The molecule has 1 aromatic rings. The zero-order chi connectivity index (χ0) is 25.3. The van der Waals surface area contributed by atoms with Gasteiger partial charge in [0.1, 0.15) is 12.0 Å². The van der Waals surface area contributed by atoms with Crippen molar-refractivity contribution in [1.29, 1.82) is 0 Å². The molecule has 0 unspecified atom stereocenters. The fraction of sp³-hybridized carbons (Fsp3) is 0.846. The van der Waals surface area contributed by atoms with Gasteiger partial charge in [-0.05, 0) is 18.9 Å². The summed E-state index contributed by atoms with van der Waals surface area (Å²) in [6.45, 7) is 4.70. The van der Waals surface area contributed by atoms with Crippen LogP contribution in [-0.4, -0.2) is 40.0 Å². The second-order valence-corrected chi connectivity index (χ2v) is 9.81.